The quantitative estimate of drug-likeness (QED) is 0.0264. The molecule has 9 nitrogen and oxygen atoms in total. The lowest BCUT2D eigenvalue weighted by molar-refractivity contribution is -0.161. The van der Waals surface area contributed by atoms with E-state index in [1.807, 2.05) is 0 Å². The van der Waals surface area contributed by atoms with Crippen LogP contribution in [0.1, 0.15) is 412 Å². The minimum absolute atomic E-state index is 0.0565. The van der Waals surface area contributed by atoms with E-state index in [1.165, 1.54) is 340 Å². The van der Waals surface area contributed by atoms with Crippen molar-refractivity contribution in [2.75, 3.05) is 26.4 Å². The second-order valence-corrected chi connectivity index (χ2v) is 27.7. The third kappa shape index (κ3) is 73.2. The molecule has 0 aliphatic rings. The van der Waals surface area contributed by atoms with Gasteiger partial charge in [-0.05, 0) is 70.6 Å². The molecule has 0 saturated carbocycles. The lowest BCUT2D eigenvalue weighted by atomic mass is 10.0. The van der Waals surface area contributed by atoms with E-state index in [9.17, 15) is 19.0 Å². The number of phosphoric ester groups is 1. The molecule has 0 fully saturated rings. The molecule has 0 spiro atoms. The molecule has 0 aromatic heterocycles. The zero-order chi connectivity index (χ0) is 63.0. The van der Waals surface area contributed by atoms with Crippen molar-refractivity contribution in [3.63, 3.8) is 0 Å². The van der Waals surface area contributed by atoms with Crippen LogP contribution in [0.25, 0.3) is 0 Å². The van der Waals surface area contributed by atoms with Gasteiger partial charge in [0.2, 0.25) is 0 Å². The number of ether oxygens (including phenoxy) is 2. The zero-order valence-electron chi connectivity index (χ0n) is 58.0. The molecule has 0 aliphatic carbocycles. The van der Waals surface area contributed by atoms with Crippen LogP contribution >= 0.6 is 7.82 Å². The topological polar surface area (TPSA) is 134 Å². The van der Waals surface area contributed by atoms with Crippen LogP contribution in [0, 0.1) is 0 Å². The van der Waals surface area contributed by atoms with Crippen LogP contribution in [-0.4, -0.2) is 49.3 Å². The Morgan fingerprint density at radius 2 is 0.598 bits per heavy atom. The minimum atomic E-state index is -4.39. The predicted molar refractivity (Wildman–Crippen MR) is 377 cm³/mol. The molecule has 0 bridgehead atoms. The van der Waals surface area contributed by atoms with E-state index in [2.05, 4.69) is 50.3 Å². The van der Waals surface area contributed by atoms with E-state index in [-0.39, 0.29) is 38.6 Å². The van der Waals surface area contributed by atoms with Crippen LogP contribution in [0.2, 0.25) is 0 Å². The first kappa shape index (κ1) is 85.2. The summed E-state index contributed by atoms with van der Waals surface area (Å²) in [4.78, 5) is 35.4. The minimum Gasteiger partial charge on any atom is -0.462 e. The molecule has 3 N–H and O–H groups in total. The van der Waals surface area contributed by atoms with Crippen molar-refractivity contribution in [3.05, 3.63) is 36.5 Å². The Morgan fingerprint density at radius 1 is 0.345 bits per heavy atom. The van der Waals surface area contributed by atoms with Gasteiger partial charge in [-0.3, -0.25) is 18.6 Å². The summed E-state index contributed by atoms with van der Waals surface area (Å²) in [5.41, 5.74) is 5.41. The van der Waals surface area contributed by atoms with Gasteiger partial charge < -0.3 is 20.1 Å². The zero-order valence-corrected chi connectivity index (χ0v) is 58.9. The molecule has 87 heavy (non-hydrogen) atoms. The van der Waals surface area contributed by atoms with E-state index in [0.717, 1.165) is 38.5 Å². The summed E-state index contributed by atoms with van der Waals surface area (Å²) >= 11 is 0. The van der Waals surface area contributed by atoms with Gasteiger partial charge >= 0.3 is 19.8 Å². The van der Waals surface area contributed by atoms with Gasteiger partial charge in [0.1, 0.15) is 6.61 Å². The van der Waals surface area contributed by atoms with Gasteiger partial charge in [-0.2, -0.15) is 0 Å². The average Bonchev–Trinajstić information content (AvgIpc) is 3.64. The van der Waals surface area contributed by atoms with Crippen molar-refractivity contribution in [2.24, 2.45) is 5.73 Å². The first-order valence-corrected chi connectivity index (χ1v) is 40.0. The number of nitrogens with two attached hydrogens (primary N) is 1. The van der Waals surface area contributed by atoms with Crippen molar-refractivity contribution in [3.8, 4) is 0 Å². The standard InChI is InChI=1S/C77H148NO8P/c1-3-5-7-9-11-13-15-17-19-21-23-25-27-29-31-33-35-36-37-38-40-42-44-46-48-50-52-54-56-58-60-62-64-66-68-70-77(80)86-75(74-85-87(81,82)84-72-71-78)73-83-76(79)69-67-65-63-61-59-57-55-53-51-49-47-45-43-41-39-34-32-30-28-26-24-22-20-18-16-14-12-10-8-6-4-2/h15,17,21-24,75H,3-14,16,18-20,25-74,78H2,1-2H3,(H,81,82)/b17-15-,23-21-,24-22-. The van der Waals surface area contributed by atoms with Gasteiger partial charge in [0, 0.05) is 19.4 Å². The summed E-state index contributed by atoms with van der Waals surface area (Å²) in [5.74, 6) is -0.801. The molecule has 0 amide bonds. The molecular weight excluding hydrogens is 1100 g/mol. The van der Waals surface area contributed by atoms with Gasteiger partial charge in [-0.1, -0.05) is 365 Å². The highest BCUT2D eigenvalue weighted by atomic mass is 31.2. The fourth-order valence-electron chi connectivity index (χ4n) is 11.8. The van der Waals surface area contributed by atoms with Gasteiger partial charge in [-0.15, -0.1) is 0 Å². The van der Waals surface area contributed by atoms with Gasteiger partial charge in [0.05, 0.1) is 13.2 Å². The average molecular weight is 1250 g/mol. The Morgan fingerprint density at radius 3 is 0.885 bits per heavy atom. The van der Waals surface area contributed by atoms with E-state index < -0.39 is 26.5 Å². The third-order valence-electron chi connectivity index (χ3n) is 17.5. The van der Waals surface area contributed by atoms with Crippen LogP contribution in [0.3, 0.4) is 0 Å². The molecule has 0 saturated heterocycles. The number of unbranched alkanes of at least 4 members (excludes halogenated alkanes) is 55. The summed E-state index contributed by atoms with van der Waals surface area (Å²) < 4.78 is 33.3. The summed E-state index contributed by atoms with van der Waals surface area (Å²) in [6.07, 6.45) is 92.8. The second-order valence-electron chi connectivity index (χ2n) is 26.2. The molecule has 514 valence electrons. The molecule has 0 aliphatic heterocycles. The summed E-state index contributed by atoms with van der Waals surface area (Å²) in [6, 6.07) is 0. The number of hydrogen-bond donors (Lipinski definition) is 2. The number of esters is 2. The number of carbonyl (C=O) groups is 2. The van der Waals surface area contributed by atoms with Crippen molar-refractivity contribution < 1.29 is 37.6 Å². The van der Waals surface area contributed by atoms with E-state index in [0.29, 0.717) is 6.42 Å². The molecule has 0 radical (unpaired) electrons. The highest BCUT2D eigenvalue weighted by Crippen LogP contribution is 2.43. The SMILES string of the molecule is CCCCCCC/C=C\C/C=C\CCCCCCCCCCCCCCCCCCCCCCCCCC(=O)OC(COC(=O)CCCCCCCCCCCCCCCCCCCCC/C=C\CCCCCCCCCC)COP(=O)(O)OCCN. The van der Waals surface area contributed by atoms with Crippen molar-refractivity contribution in [1.82, 2.24) is 0 Å². The number of phosphoric acid groups is 1. The summed E-state index contributed by atoms with van der Waals surface area (Å²) in [5, 5.41) is 0. The van der Waals surface area contributed by atoms with Crippen LogP contribution in [0.5, 0.6) is 0 Å². The van der Waals surface area contributed by atoms with E-state index >= 15 is 0 Å². The highest BCUT2D eigenvalue weighted by molar-refractivity contribution is 7.47. The third-order valence-corrected chi connectivity index (χ3v) is 18.5. The van der Waals surface area contributed by atoms with Gasteiger partial charge in [0.25, 0.3) is 0 Å². The first-order valence-electron chi connectivity index (χ1n) is 38.5. The fourth-order valence-corrected chi connectivity index (χ4v) is 12.6. The lowest BCUT2D eigenvalue weighted by Gasteiger charge is -2.19. The molecule has 0 heterocycles. The molecule has 0 aromatic rings. The number of hydrogen-bond acceptors (Lipinski definition) is 8. The maximum atomic E-state index is 12.8. The largest absolute Gasteiger partial charge is 0.472 e. The van der Waals surface area contributed by atoms with Crippen molar-refractivity contribution in [1.29, 1.82) is 0 Å². The maximum absolute atomic E-state index is 12.8. The van der Waals surface area contributed by atoms with E-state index in [4.69, 9.17) is 24.3 Å². The molecular formula is C77H148NO8P. The molecule has 0 rings (SSSR count). The van der Waals surface area contributed by atoms with Crippen LogP contribution in [0.15, 0.2) is 36.5 Å². The fraction of sp³-hybridized carbons (Fsp3) is 0.896. The molecule has 10 heteroatoms. The Kier molecular flexibility index (Phi) is 71.8. The molecule has 2 unspecified atom stereocenters. The Balaban J connectivity index is 3.77. The predicted octanol–water partition coefficient (Wildman–Crippen LogP) is 25.4. The van der Waals surface area contributed by atoms with Gasteiger partial charge in [-0.25, -0.2) is 4.57 Å². The Labute approximate surface area is 541 Å². The van der Waals surface area contributed by atoms with Gasteiger partial charge in [0.15, 0.2) is 6.10 Å². The Bertz CT molecular complexity index is 1520. The second kappa shape index (κ2) is 73.3. The van der Waals surface area contributed by atoms with Crippen LogP contribution in [0.4, 0.5) is 0 Å². The Hall–Kier alpha value is -1.77. The summed E-state index contributed by atoms with van der Waals surface area (Å²) in [7, 11) is -4.39. The molecule has 2 atom stereocenters. The van der Waals surface area contributed by atoms with Crippen LogP contribution in [-0.2, 0) is 32.7 Å². The number of carbonyl (C=O) groups excluding carboxylic acids is 2. The molecule has 0 aromatic carbocycles. The monoisotopic (exact) mass is 1250 g/mol. The maximum Gasteiger partial charge on any atom is 0.472 e. The summed E-state index contributed by atoms with van der Waals surface area (Å²) in [6.45, 7) is 3.82. The number of allylic oxidation sites excluding steroid dienone is 6. The normalized spacial score (nSPS) is 13.0. The van der Waals surface area contributed by atoms with Crippen LogP contribution < -0.4 is 5.73 Å². The van der Waals surface area contributed by atoms with Crippen molar-refractivity contribution >= 4 is 19.8 Å². The highest BCUT2D eigenvalue weighted by Gasteiger charge is 2.26. The van der Waals surface area contributed by atoms with E-state index in [1.54, 1.807) is 0 Å². The van der Waals surface area contributed by atoms with Crippen molar-refractivity contribution in [2.45, 2.75) is 418 Å². The lowest BCUT2D eigenvalue weighted by Crippen LogP contribution is -2.29. The number of rotatable bonds is 74. The first-order chi connectivity index (χ1) is 42.8. The smallest absolute Gasteiger partial charge is 0.462 e.